The van der Waals surface area contributed by atoms with E-state index in [9.17, 15) is 0 Å². The molecule has 0 bridgehead atoms. The molecule has 4 heteroatoms. The number of hydrogen-bond acceptors (Lipinski definition) is 3. The van der Waals surface area contributed by atoms with Gasteiger partial charge in [0.25, 0.3) is 0 Å². The van der Waals surface area contributed by atoms with Crippen molar-refractivity contribution in [1.82, 2.24) is 10.2 Å². The fourth-order valence-electron chi connectivity index (χ4n) is 0.966. The zero-order chi connectivity index (χ0) is 6.81. The van der Waals surface area contributed by atoms with Crippen molar-refractivity contribution in [3.8, 4) is 0 Å². The molecule has 0 atom stereocenters. The maximum Gasteiger partial charge on any atom is 0.155 e. The van der Waals surface area contributed by atoms with Crippen molar-refractivity contribution < 1.29 is 0 Å². The summed E-state index contributed by atoms with van der Waals surface area (Å²) in [6.07, 6.45) is 3.62. The Morgan fingerprint density at radius 3 is 3.20 bits per heavy atom. The van der Waals surface area contributed by atoms with Crippen molar-refractivity contribution in [2.45, 2.75) is 0 Å². The summed E-state index contributed by atoms with van der Waals surface area (Å²) in [6.45, 7) is 1.83. The highest BCUT2D eigenvalue weighted by Crippen LogP contribution is 2.08. The molecule has 2 rings (SSSR count). The Bertz CT molecular complexity index is 226. The first-order valence-corrected chi connectivity index (χ1v) is 3.23. The average molecular weight is 136 g/mol. The Balaban J connectivity index is 2.20. The highest BCUT2D eigenvalue weighted by Gasteiger charge is 2.08. The lowest BCUT2D eigenvalue weighted by Crippen LogP contribution is -2.18. The molecule has 4 nitrogen and oxygen atoms in total. The van der Waals surface area contributed by atoms with E-state index in [-0.39, 0.29) is 0 Å². The molecule has 52 valence electrons. The Kier molecular flexibility index (Phi) is 1.16. The minimum Gasteiger partial charge on any atom is -0.314 e. The summed E-state index contributed by atoms with van der Waals surface area (Å²) in [6, 6.07) is 1.93. The first kappa shape index (κ1) is 5.46. The first-order chi connectivity index (χ1) is 4.97. The van der Waals surface area contributed by atoms with E-state index in [0.29, 0.717) is 0 Å². The first-order valence-electron chi connectivity index (χ1n) is 3.23. The number of nitrogens with zero attached hydrogens (tertiary/aromatic N) is 3. The second-order valence-electron chi connectivity index (χ2n) is 2.15. The lowest BCUT2D eigenvalue weighted by molar-refractivity contribution is 0.981. The highest BCUT2D eigenvalue weighted by molar-refractivity contribution is 5.78. The summed E-state index contributed by atoms with van der Waals surface area (Å²) in [4.78, 5) is 6.08. The molecule has 0 spiro atoms. The summed E-state index contributed by atoms with van der Waals surface area (Å²) >= 11 is 0. The molecule has 1 aromatic heterocycles. The molecule has 1 aliphatic heterocycles. The number of rotatable bonds is 1. The molecule has 0 aliphatic carbocycles. The number of nitrogens with one attached hydrogen (secondary N) is 1. The van der Waals surface area contributed by atoms with Crippen LogP contribution in [0.15, 0.2) is 17.3 Å². The fraction of sp³-hybridized carbons (Fsp3) is 0.333. The number of aromatic amines is 1. The van der Waals surface area contributed by atoms with Gasteiger partial charge in [-0.3, -0.25) is 10.1 Å². The second-order valence-corrected chi connectivity index (χ2v) is 2.15. The lowest BCUT2D eigenvalue weighted by atomic mass is 10.5. The summed E-state index contributed by atoms with van der Waals surface area (Å²) in [7, 11) is 0. The average Bonchev–Trinajstić information content (AvgIpc) is 2.59. The van der Waals surface area contributed by atoms with Gasteiger partial charge in [0, 0.05) is 18.8 Å². The van der Waals surface area contributed by atoms with Crippen LogP contribution in [0.1, 0.15) is 0 Å². The molecule has 0 saturated heterocycles. The molecule has 1 N–H and O–H groups in total. The molecule has 0 radical (unpaired) electrons. The minimum absolute atomic E-state index is 0.882. The van der Waals surface area contributed by atoms with E-state index in [1.165, 1.54) is 0 Å². The Hall–Kier alpha value is -1.32. The third-order valence-electron chi connectivity index (χ3n) is 1.47. The van der Waals surface area contributed by atoms with Gasteiger partial charge in [-0.15, -0.1) is 0 Å². The Labute approximate surface area is 58.6 Å². The Morgan fingerprint density at radius 2 is 2.60 bits per heavy atom. The lowest BCUT2D eigenvalue weighted by Gasteiger charge is -2.07. The van der Waals surface area contributed by atoms with E-state index >= 15 is 0 Å². The molecule has 0 saturated carbocycles. The third-order valence-corrected chi connectivity index (χ3v) is 1.47. The zero-order valence-electron chi connectivity index (χ0n) is 5.49. The highest BCUT2D eigenvalue weighted by atomic mass is 15.3. The van der Waals surface area contributed by atoms with Crippen LogP contribution >= 0.6 is 0 Å². The second kappa shape index (κ2) is 2.13. The zero-order valence-corrected chi connectivity index (χ0v) is 5.49. The van der Waals surface area contributed by atoms with Crippen LogP contribution in [-0.2, 0) is 0 Å². The number of hydrogen-bond donors (Lipinski definition) is 1. The monoisotopic (exact) mass is 136 g/mol. The maximum absolute atomic E-state index is 4.07. The van der Waals surface area contributed by atoms with Gasteiger partial charge in [-0.25, -0.2) is 0 Å². The van der Waals surface area contributed by atoms with Crippen molar-refractivity contribution in [2.75, 3.05) is 18.0 Å². The molecule has 0 aromatic carbocycles. The van der Waals surface area contributed by atoms with Crippen LogP contribution in [0.25, 0.3) is 0 Å². The molecule has 0 fully saturated rings. The van der Waals surface area contributed by atoms with Gasteiger partial charge in [-0.05, 0) is 0 Å². The van der Waals surface area contributed by atoms with Crippen LogP contribution in [0.2, 0.25) is 0 Å². The minimum atomic E-state index is 0.882. The van der Waals surface area contributed by atoms with Crippen molar-refractivity contribution in [2.24, 2.45) is 4.99 Å². The SMILES string of the molecule is C1=NCCN1c1cc[nH]n1. The number of aromatic nitrogens is 2. The van der Waals surface area contributed by atoms with Gasteiger partial charge in [-0.2, -0.15) is 5.10 Å². The quantitative estimate of drug-likeness (QED) is 0.601. The summed E-state index contributed by atoms with van der Waals surface area (Å²) in [5, 5.41) is 6.76. The number of H-pyrrole nitrogens is 1. The molecule has 1 aliphatic rings. The molecule has 10 heavy (non-hydrogen) atoms. The summed E-state index contributed by atoms with van der Waals surface area (Å²) in [5.41, 5.74) is 0. The molecule has 0 unspecified atom stereocenters. The standard InChI is InChI=1S/C6H8N4/c1-2-8-9-6(1)10-4-3-7-5-10/h1-2,5H,3-4H2,(H,8,9). The van der Waals surface area contributed by atoms with E-state index in [1.54, 1.807) is 0 Å². The normalized spacial score (nSPS) is 16.6. The van der Waals surface area contributed by atoms with Gasteiger partial charge >= 0.3 is 0 Å². The largest absolute Gasteiger partial charge is 0.314 e. The van der Waals surface area contributed by atoms with Crippen molar-refractivity contribution in [3.05, 3.63) is 12.3 Å². The van der Waals surface area contributed by atoms with E-state index in [1.807, 2.05) is 23.5 Å². The molecule has 0 amide bonds. The van der Waals surface area contributed by atoms with E-state index in [2.05, 4.69) is 15.2 Å². The van der Waals surface area contributed by atoms with Crippen molar-refractivity contribution in [3.63, 3.8) is 0 Å². The van der Waals surface area contributed by atoms with E-state index in [4.69, 9.17) is 0 Å². The summed E-state index contributed by atoms with van der Waals surface area (Å²) < 4.78 is 0. The predicted molar refractivity (Wildman–Crippen MR) is 39.3 cm³/mol. The van der Waals surface area contributed by atoms with Gasteiger partial charge in [0.1, 0.15) is 0 Å². The van der Waals surface area contributed by atoms with Crippen molar-refractivity contribution in [1.29, 1.82) is 0 Å². The Morgan fingerprint density at radius 1 is 1.60 bits per heavy atom. The van der Waals surface area contributed by atoms with Crippen LogP contribution in [0.5, 0.6) is 0 Å². The van der Waals surface area contributed by atoms with Crippen molar-refractivity contribution >= 4 is 12.2 Å². The van der Waals surface area contributed by atoms with Crippen LogP contribution in [-0.4, -0.2) is 29.6 Å². The van der Waals surface area contributed by atoms with Crippen LogP contribution < -0.4 is 4.90 Å². The van der Waals surface area contributed by atoms with Gasteiger partial charge < -0.3 is 4.90 Å². The van der Waals surface area contributed by atoms with E-state index < -0.39 is 0 Å². The van der Waals surface area contributed by atoms with Crippen LogP contribution in [0, 0.1) is 0 Å². The maximum atomic E-state index is 4.07. The van der Waals surface area contributed by atoms with Gasteiger partial charge in [0.2, 0.25) is 0 Å². The fourth-order valence-corrected chi connectivity index (χ4v) is 0.966. The topological polar surface area (TPSA) is 44.3 Å². The van der Waals surface area contributed by atoms with Crippen LogP contribution in [0.3, 0.4) is 0 Å². The molecule has 2 heterocycles. The van der Waals surface area contributed by atoms with Gasteiger partial charge in [-0.1, -0.05) is 0 Å². The molecular formula is C6H8N4. The molecule has 1 aromatic rings. The number of anilines is 1. The third kappa shape index (κ3) is 0.775. The number of aliphatic imine (C=N–C) groups is 1. The molecular weight excluding hydrogens is 128 g/mol. The van der Waals surface area contributed by atoms with E-state index in [0.717, 1.165) is 18.9 Å². The smallest absolute Gasteiger partial charge is 0.155 e. The van der Waals surface area contributed by atoms with Gasteiger partial charge in [0.05, 0.1) is 12.9 Å². The van der Waals surface area contributed by atoms with Crippen LogP contribution in [0.4, 0.5) is 5.82 Å². The summed E-state index contributed by atoms with van der Waals surface area (Å²) in [5.74, 6) is 0.946. The van der Waals surface area contributed by atoms with Gasteiger partial charge in [0.15, 0.2) is 5.82 Å². The predicted octanol–water partition coefficient (Wildman–Crippen LogP) is 0.258.